The molecule has 0 saturated carbocycles. The van der Waals surface area contributed by atoms with Gasteiger partial charge in [0.05, 0.1) is 14.9 Å². The maximum Gasteiger partial charge on any atom is 0.262 e. The van der Waals surface area contributed by atoms with Gasteiger partial charge < -0.3 is 9.73 Å². The highest BCUT2D eigenvalue weighted by molar-refractivity contribution is 9.11. The van der Waals surface area contributed by atoms with Crippen molar-refractivity contribution in [3.05, 3.63) is 38.1 Å². The van der Waals surface area contributed by atoms with E-state index in [4.69, 9.17) is 4.42 Å². The lowest BCUT2D eigenvalue weighted by atomic mass is 10.3. The molecule has 1 unspecified atom stereocenters. The molecule has 0 aliphatic heterocycles. The summed E-state index contributed by atoms with van der Waals surface area (Å²) in [6.45, 7) is 5.63. The summed E-state index contributed by atoms with van der Waals surface area (Å²) >= 11 is 4.82. The summed E-state index contributed by atoms with van der Waals surface area (Å²) in [5.74, 6) is 1.14. The second kappa shape index (κ2) is 5.24. The Balaban J connectivity index is 2.07. The van der Waals surface area contributed by atoms with Crippen LogP contribution in [0.5, 0.6) is 0 Å². The van der Waals surface area contributed by atoms with Gasteiger partial charge in [-0.15, -0.1) is 11.3 Å². The van der Waals surface area contributed by atoms with Gasteiger partial charge in [-0.1, -0.05) is 0 Å². The third kappa shape index (κ3) is 2.81. The average Bonchev–Trinajstić information content (AvgIpc) is 2.86. The zero-order valence-electron chi connectivity index (χ0n) is 10.3. The van der Waals surface area contributed by atoms with Crippen LogP contribution in [0.4, 0.5) is 0 Å². The van der Waals surface area contributed by atoms with E-state index in [0.717, 1.165) is 15.1 Å². The van der Waals surface area contributed by atoms with Gasteiger partial charge in [-0.25, -0.2) is 4.98 Å². The monoisotopic (exact) mass is 328 g/mol. The molecule has 0 radical (unpaired) electrons. The summed E-state index contributed by atoms with van der Waals surface area (Å²) in [4.78, 5) is 16.8. The Kier molecular flexibility index (Phi) is 3.87. The van der Waals surface area contributed by atoms with Crippen LogP contribution in [0.1, 0.15) is 39.9 Å². The first-order valence-corrected chi connectivity index (χ1v) is 7.07. The number of rotatable bonds is 3. The zero-order valence-corrected chi connectivity index (χ0v) is 12.7. The molecule has 2 rings (SSSR count). The van der Waals surface area contributed by atoms with Gasteiger partial charge in [-0.2, -0.15) is 0 Å². The van der Waals surface area contributed by atoms with Crippen LogP contribution >= 0.6 is 27.3 Å². The van der Waals surface area contributed by atoms with E-state index in [1.807, 2.05) is 26.8 Å². The summed E-state index contributed by atoms with van der Waals surface area (Å²) in [5.41, 5.74) is 1.06. The highest BCUT2D eigenvalue weighted by Crippen LogP contribution is 2.27. The third-order valence-electron chi connectivity index (χ3n) is 2.44. The second-order valence-electron chi connectivity index (χ2n) is 4.07. The van der Waals surface area contributed by atoms with E-state index in [1.165, 1.54) is 11.3 Å². The molecule has 0 saturated heterocycles. The minimum absolute atomic E-state index is 0.114. The van der Waals surface area contributed by atoms with Gasteiger partial charge in [0.15, 0.2) is 0 Å². The van der Waals surface area contributed by atoms with Gasteiger partial charge in [0.1, 0.15) is 11.8 Å². The quantitative estimate of drug-likeness (QED) is 0.936. The number of thiophene rings is 1. The number of hydrogen-bond acceptors (Lipinski definition) is 4. The predicted octanol–water partition coefficient (Wildman–Crippen LogP) is 3.61. The molecule has 96 valence electrons. The molecule has 18 heavy (non-hydrogen) atoms. The normalized spacial score (nSPS) is 12.4. The average molecular weight is 329 g/mol. The van der Waals surface area contributed by atoms with Crippen LogP contribution in [0.25, 0.3) is 0 Å². The number of nitrogens with zero attached hydrogens (tertiary/aromatic N) is 1. The summed E-state index contributed by atoms with van der Waals surface area (Å²) < 4.78 is 6.36. The van der Waals surface area contributed by atoms with Crippen molar-refractivity contribution in [1.29, 1.82) is 0 Å². The van der Waals surface area contributed by atoms with Crippen molar-refractivity contribution in [3.63, 3.8) is 0 Å². The van der Waals surface area contributed by atoms with E-state index in [0.29, 0.717) is 10.8 Å². The van der Waals surface area contributed by atoms with Crippen molar-refractivity contribution in [2.75, 3.05) is 0 Å². The highest BCUT2D eigenvalue weighted by atomic mass is 79.9. The molecule has 2 aromatic rings. The Morgan fingerprint density at radius 3 is 2.78 bits per heavy atom. The van der Waals surface area contributed by atoms with Crippen molar-refractivity contribution in [3.8, 4) is 0 Å². The van der Waals surface area contributed by atoms with Crippen LogP contribution in [0, 0.1) is 13.8 Å². The van der Waals surface area contributed by atoms with Crippen molar-refractivity contribution < 1.29 is 9.21 Å². The van der Waals surface area contributed by atoms with E-state index in [9.17, 15) is 4.79 Å². The maximum atomic E-state index is 12.0. The first-order valence-electron chi connectivity index (χ1n) is 5.46. The number of carbonyl (C=O) groups excluding carboxylic acids is 1. The number of amides is 1. The SMILES string of the molecule is Cc1cnc(C(C)NC(=O)c2cc(C)c(Br)s2)o1. The molecule has 0 spiro atoms. The molecule has 4 nitrogen and oxygen atoms in total. The largest absolute Gasteiger partial charge is 0.444 e. The first-order chi connectivity index (χ1) is 8.47. The standard InChI is InChI=1S/C12H13BrN2O2S/c1-6-4-9(18-10(6)13)11(16)15-8(3)12-14-5-7(2)17-12/h4-5,8H,1-3H3,(H,15,16). The van der Waals surface area contributed by atoms with Crippen molar-refractivity contribution in [2.45, 2.75) is 26.8 Å². The number of aromatic nitrogens is 1. The molecular formula is C12H13BrN2O2S. The molecule has 0 bridgehead atoms. The first kappa shape index (κ1) is 13.3. The van der Waals surface area contributed by atoms with Crippen LogP contribution in [0.2, 0.25) is 0 Å². The van der Waals surface area contributed by atoms with E-state index in [-0.39, 0.29) is 11.9 Å². The molecule has 0 aromatic carbocycles. The molecule has 2 heterocycles. The minimum atomic E-state index is -0.243. The Morgan fingerprint density at radius 1 is 1.56 bits per heavy atom. The highest BCUT2D eigenvalue weighted by Gasteiger charge is 2.17. The fraction of sp³-hybridized carbons (Fsp3) is 0.333. The number of carbonyl (C=O) groups is 1. The molecule has 0 aliphatic carbocycles. The topological polar surface area (TPSA) is 55.1 Å². The van der Waals surface area contributed by atoms with Crippen molar-refractivity contribution in [1.82, 2.24) is 10.3 Å². The van der Waals surface area contributed by atoms with Gasteiger partial charge >= 0.3 is 0 Å². The molecule has 0 fully saturated rings. The molecule has 2 aromatic heterocycles. The Morgan fingerprint density at radius 2 is 2.28 bits per heavy atom. The Bertz CT molecular complexity index is 557. The van der Waals surface area contributed by atoms with Crippen LogP contribution in [-0.2, 0) is 0 Å². The smallest absolute Gasteiger partial charge is 0.262 e. The van der Waals surface area contributed by atoms with Crippen molar-refractivity contribution >= 4 is 33.2 Å². The molecule has 1 atom stereocenters. The fourth-order valence-corrected chi connectivity index (χ4v) is 2.91. The third-order valence-corrected chi connectivity index (χ3v) is 4.57. The lowest BCUT2D eigenvalue weighted by Crippen LogP contribution is -2.26. The number of aryl methyl sites for hydroxylation is 2. The lowest BCUT2D eigenvalue weighted by molar-refractivity contribution is 0.0938. The molecule has 1 amide bonds. The molecule has 0 aliphatic rings. The molecular weight excluding hydrogens is 316 g/mol. The molecule has 6 heteroatoms. The van der Waals surface area contributed by atoms with E-state index in [1.54, 1.807) is 6.20 Å². The summed E-state index contributed by atoms with van der Waals surface area (Å²) in [6.07, 6.45) is 1.64. The van der Waals surface area contributed by atoms with Gasteiger partial charge in [0, 0.05) is 0 Å². The fourth-order valence-electron chi connectivity index (χ4n) is 1.47. The zero-order chi connectivity index (χ0) is 13.3. The van der Waals surface area contributed by atoms with Crippen LogP contribution < -0.4 is 5.32 Å². The molecule has 1 N–H and O–H groups in total. The van der Waals surface area contributed by atoms with Crippen LogP contribution in [0.3, 0.4) is 0 Å². The summed E-state index contributed by atoms with van der Waals surface area (Å²) in [6, 6.07) is 1.62. The van der Waals surface area contributed by atoms with Gasteiger partial charge in [0.2, 0.25) is 5.89 Å². The summed E-state index contributed by atoms with van der Waals surface area (Å²) in [7, 11) is 0. The lowest BCUT2D eigenvalue weighted by Gasteiger charge is -2.08. The van der Waals surface area contributed by atoms with E-state index < -0.39 is 0 Å². The van der Waals surface area contributed by atoms with Gasteiger partial charge in [-0.3, -0.25) is 4.79 Å². The van der Waals surface area contributed by atoms with E-state index >= 15 is 0 Å². The van der Waals surface area contributed by atoms with Crippen molar-refractivity contribution in [2.24, 2.45) is 0 Å². The Labute approximate surface area is 118 Å². The van der Waals surface area contributed by atoms with E-state index in [2.05, 4.69) is 26.2 Å². The van der Waals surface area contributed by atoms with Crippen LogP contribution in [-0.4, -0.2) is 10.9 Å². The number of nitrogens with one attached hydrogen (secondary N) is 1. The van der Waals surface area contributed by atoms with Gasteiger partial charge in [-0.05, 0) is 48.3 Å². The van der Waals surface area contributed by atoms with Crippen LogP contribution in [0.15, 0.2) is 20.5 Å². The number of halogens is 1. The maximum absolute atomic E-state index is 12.0. The van der Waals surface area contributed by atoms with Gasteiger partial charge in [0.25, 0.3) is 5.91 Å². The Hall–Kier alpha value is -1.14. The number of oxazole rings is 1. The predicted molar refractivity (Wildman–Crippen MR) is 73.9 cm³/mol. The second-order valence-corrected chi connectivity index (χ2v) is 6.44. The number of hydrogen-bond donors (Lipinski definition) is 1. The minimum Gasteiger partial charge on any atom is -0.444 e. The summed E-state index contributed by atoms with van der Waals surface area (Å²) in [5, 5.41) is 2.86.